The Labute approximate surface area is 65.0 Å². The summed E-state index contributed by atoms with van der Waals surface area (Å²) in [5.41, 5.74) is 0. The summed E-state index contributed by atoms with van der Waals surface area (Å²) in [5.74, 6) is -1.04. The van der Waals surface area contributed by atoms with Crippen LogP contribution in [0.5, 0.6) is 0 Å². The van der Waals surface area contributed by atoms with Crippen LogP contribution in [0.3, 0.4) is 0 Å². The van der Waals surface area contributed by atoms with Crippen LogP contribution < -0.4 is 5.32 Å². The molecule has 5 heteroatoms. The Balaban J connectivity index is 3.85. The van der Waals surface area contributed by atoms with E-state index < -0.39 is 18.0 Å². The molecule has 11 heavy (non-hydrogen) atoms. The van der Waals surface area contributed by atoms with E-state index in [1.807, 2.05) is 0 Å². The molecular weight excluding hydrogens is 148 g/mol. The molecule has 0 aromatic heterocycles. The molecule has 0 aliphatic heterocycles. The molecule has 0 saturated heterocycles. The molecule has 2 N–H and O–H groups in total. The highest BCUT2D eigenvalue weighted by Crippen LogP contribution is 1.83. The number of nitrogens with one attached hydrogen (secondary N) is 1. The highest BCUT2D eigenvalue weighted by atomic mass is 16.4. The maximum Gasteiger partial charge on any atom is 0.325 e. The molecule has 0 heterocycles. The summed E-state index contributed by atoms with van der Waals surface area (Å²) < 4.78 is 0. The summed E-state index contributed by atoms with van der Waals surface area (Å²) in [4.78, 5) is 22.3. The monoisotopic (exact) mass is 160 g/mol. The first-order valence-corrected chi connectivity index (χ1v) is 3.15. The first-order chi connectivity index (χ1) is 4.95. The van der Waals surface area contributed by atoms with Crippen LogP contribution in [0.4, 0.5) is 4.79 Å². The zero-order valence-electron chi connectivity index (χ0n) is 6.79. The third kappa shape index (κ3) is 3.44. The number of carbonyl (C=O) groups excluding carboxylic acids is 1. The van der Waals surface area contributed by atoms with Gasteiger partial charge in [0.25, 0.3) is 0 Å². The molecule has 0 aromatic rings. The Kier molecular flexibility index (Phi) is 3.36. The van der Waals surface area contributed by atoms with Gasteiger partial charge in [-0.05, 0) is 6.92 Å². The van der Waals surface area contributed by atoms with E-state index in [-0.39, 0.29) is 0 Å². The summed E-state index contributed by atoms with van der Waals surface area (Å²) in [6, 6.07) is -1.25. The number of amides is 2. The van der Waals surface area contributed by atoms with Gasteiger partial charge in [-0.2, -0.15) is 0 Å². The summed E-state index contributed by atoms with van der Waals surface area (Å²) in [6.07, 6.45) is 0. The minimum atomic E-state index is -1.04. The number of carboxylic acids is 1. The van der Waals surface area contributed by atoms with Crippen molar-refractivity contribution in [3.05, 3.63) is 0 Å². The lowest BCUT2D eigenvalue weighted by Gasteiger charge is -2.14. The van der Waals surface area contributed by atoms with Gasteiger partial charge in [-0.25, -0.2) is 4.79 Å². The van der Waals surface area contributed by atoms with E-state index in [0.717, 1.165) is 0 Å². The second-order valence-corrected chi connectivity index (χ2v) is 2.40. The molecule has 2 amide bonds. The number of rotatable bonds is 2. The zero-order valence-corrected chi connectivity index (χ0v) is 6.79. The maximum atomic E-state index is 10.8. The van der Waals surface area contributed by atoms with E-state index in [2.05, 4.69) is 5.32 Å². The van der Waals surface area contributed by atoms with Gasteiger partial charge in [0, 0.05) is 14.1 Å². The normalized spacial score (nSPS) is 11.9. The Morgan fingerprint density at radius 2 is 1.91 bits per heavy atom. The van der Waals surface area contributed by atoms with E-state index in [0.29, 0.717) is 0 Å². The average molecular weight is 160 g/mol. The third-order valence-electron chi connectivity index (χ3n) is 1.12. The van der Waals surface area contributed by atoms with Gasteiger partial charge in [0.15, 0.2) is 0 Å². The van der Waals surface area contributed by atoms with Crippen LogP contribution in [-0.2, 0) is 4.79 Å². The number of carboxylic acid groups (broad SMARTS) is 1. The number of urea groups is 1. The van der Waals surface area contributed by atoms with Crippen molar-refractivity contribution in [2.75, 3.05) is 14.1 Å². The van der Waals surface area contributed by atoms with E-state index in [4.69, 9.17) is 5.11 Å². The number of nitrogens with zero attached hydrogens (tertiary/aromatic N) is 1. The van der Waals surface area contributed by atoms with Gasteiger partial charge >= 0.3 is 12.0 Å². The Morgan fingerprint density at radius 3 is 2.18 bits per heavy atom. The van der Waals surface area contributed by atoms with Gasteiger partial charge in [-0.3, -0.25) is 4.79 Å². The van der Waals surface area contributed by atoms with Crippen molar-refractivity contribution in [2.45, 2.75) is 13.0 Å². The predicted molar refractivity (Wildman–Crippen MR) is 39.3 cm³/mol. The van der Waals surface area contributed by atoms with Gasteiger partial charge in [-0.1, -0.05) is 0 Å². The Bertz CT molecular complexity index is 167. The molecule has 0 rings (SSSR count). The van der Waals surface area contributed by atoms with Crippen LogP contribution in [0.2, 0.25) is 0 Å². The van der Waals surface area contributed by atoms with Gasteiger partial charge in [0.1, 0.15) is 6.04 Å². The molecule has 0 radical (unpaired) electrons. The lowest BCUT2D eigenvalue weighted by atomic mass is 10.3. The summed E-state index contributed by atoms with van der Waals surface area (Å²) in [6.45, 7) is 1.41. The van der Waals surface area contributed by atoms with Gasteiger partial charge in [0.05, 0.1) is 0 Å². The van der Waals surface area contributed by atoms with Crippen molar-refractivity contribution in [1.29, 1.82) is 0 Å². The Morgan fingerprint density at radius 1 is 1.45 bits per heavy atom. The number of carbonyl (C=O) groups is 2. The number of aliphatic carboxylic acids is 1. The Hall–Kier alpha value is -1.26. The zero-order chi connectivity index (χ0) is 9.02. The third-order valence-corrected chi connectivity index (χ3v) is 1.12. The fraction of sp³-hybridized carbons (Fsp3) is 0.667. The molecule has 0 saturated carbocycles. The summed E-state index contributed by atoms with van der Waals surface area (Å²) in [5, 5.41) is 10.6. The van der Waals surface area contributed by atoms with E-state index in [1.54, 1.807) is 14.1 Å². The summed E-state index contributed by atoms with van der Waals surface area (Å²) >= 11 is 0. The molecule has 0 aromatic carbocycles. The van der Waals surface area contributed by atoms with E-state index in [9.17, 15) is 9.59 Å². The molecule has 0 spiro atoms. The molecule has 0 fully saturated rings. The van der Waals surface area contributed by atoms with Crippen LogP contribution in [0.1, 0.15) is 6.92 Å². The van der Waals surface area contributed by atoms with Crippen molar-refractivity contribution in [2.24, 2.45) is 0 Å². The number of hydrogen-bond acceptors (Lipinski definition) is 2. The first kappa shape index (κ1) is 9.74. The van der Waals surface area contributed by atoms with Crippen LogP contribution in [0.25, 0.3) is 0 Å². The van der Waals surface area contributed by atoms with Crippen molar-refractivity contribution in [3.63, 3.8) is 0 Å². The molecule has 1 atom stereocenters. The van der Waals surface area contributed by atoms with Crippen molar-refractivity contribution >= 4 is 12.0 Å². The van der Waals surface area contributed by atoms with E-state index >= 15 is 0 Å². The highest BCUT2D eigenvalue weighted by molar-refractivity contribution is 5.81. The van der Waals surface area contributed by atoms with Gasteiger partial charge < -0.3 is 15.3 Å². The highest BCUT2D eigenvalue weighted by Gasteiger charge is 2.14. The lowest BCUT2D eigenvalue weighted by Crippen LogP contribution is -2.43. The molecule has 0 aliphatic rings. The molecule has 64 valence electrons. The van der Waals surface area contributed by atoms with Crippen LogP contribution in [0, 0.1) is 0 Å². The fourth-order valence-electron chi connectivity index (χ4n) is 0.376. The largest absolute Gasteiger partial charge is 0.480 e. The minimum Gasteiger partial charge on any atom is -0.480 e. The van der Waals surface area contributed by atoms with Gasteiger partial charge in [0.2, 0.25) is 0 Å². The molecule has 0 bridgehead atoms. The van der Waals surface area contributed by atoms with Crippen molar-refractivity contribution in [1.82, 2.24) is 10.2 Å². The quantitative estimate of drug-likeness (QED) is 0.584. The van der Waals surface area contributed by atoms with Crippen LogP contribution in [-0.4, -0.2) is 42.1 Å². The lowest BCUT2D eigenvalue weighted by molar-refractivity contribution is -0.138. The molecule has 0 aliphatic carbocycles. The van der Waals surface area contributed by atoms with Crippen LogP contribution >= 0.6 is 0 Å². The topological polar surface area (TPSA) is 69.6 Å². The molecule has 5 nitrogen and oxygen atoms in total. The molecular formula is C6H12N2O3. The second-order valence-electron chi connectivity index (χ2n) is 2.40. The standard InChI is InChI=1S/C6H12N2O3/c1-4(5(9)10)7-6(11)8(2)3/h4H,1-3H3,(H,7,11)(H,9,10)/t4-/m0/s1. The minimum absolute atomic E-state index is 0.403. The average Bonchev–Trinajstić information content (AvgIpc) is 1.87. The smallest absolute Gasteiger partial charge is 0.325 e. The van der Waals surface area contributed by atoms with Crippen molar-refractivity contribution in [3.8, 4) is 0 Å². The number of hydrogen-bond donors (Lipinski definition) is 2. The van der Waals surface area contributed by atoms with Crippen molar-refractivity contribution < 1.29 is 14.7 Å². The van der Waals surface area contributed by atoms with E-state index in [1.165, 1.54) is 11.8 Å². The maximum absolute atomic E-state index is 10.8. The van der Waals surface area contributed by atoms with Gasteiger partial charge in [-0.15, -0.1) is 0 Å². The second kappa shape index (κ2) is 3.80. The SMILES string of the molecule is C[C@H](NC(=O)N(C)C)C(=O)O. The van der Waals surface area contributed by atoms with Crippen LogP contribution in [0.15, 0.2) is 0 Å². The predicted octanol–water partition coefficient (Wildman–Crippen LogP) is -0.269. The summed E-state index contributed by atoms with van der Waals surface area (Å²) in [7, 11) is 3.09. The first-order valence-electron chi connectivity index (χ1n) is 3.15. The molecule has 0 unspecified atom stereocenters. The fourth-order valence-corrected chi connectivity index (χ4v) is 0.376.